The van der Waals surface area contributed by atoms with Crippen LogP contribution in [0.25, 0.3) is 0 Å². The lowest BCUT2D eigenvalue weighted by molar-refractivity contribution is 0.0547. The molecule has 1 N–H and O–H groups in total. The first-order valence-electron chi connectivity index (χ1n) is 7.13. The van der Waals surface area contributed by atoms with E-state index in [1.807, 2.05) is 0 Å². The first kappa shape index (κ1) is 13.6. The molecule has 0 aromatic heterocycles. The Morgan fingerprint density at radius 1 is 1.17 bits per heavy atom. The van der Waals surface area contributed by atoms with Gasteiger partial charge in [-0.2, -0.15) is 0 Å². The van der Waals surface area contributed by atoms with Crippen molar-refractivity contribution in [2.75, 3.05) is 13.2 Å². The highest BCUT2D eigenvalue weighted by molar-refractivity contribution is 5.15. The molecule has 1 heterocycles. The first-order valence-corrected chi connectivity index (χ1v) is 7.13. The van der Waals surface area contributed by atoms with Gasteiger partial charge in [0.15, 0.2) is 0 Å². The molecule has 2 unspecified atom stereocenters. The van der Waals surface area contributed by atoms with E-state index < -0.39 is 0 Å². The van der Waals surface area contributed by atoms with Crippen LogP contribution in [0.5, 0.6) is 0 Å². The van der Waals surface area contributed by atoms with Crippen molar-refractivity contribution in [2.24, 2.45) is 5.92 Å². The summed E-state index contributed by atoms with van der Waals surface area (Å²) >= 11 is 0. The summed E-state index contributed by atoms with van der Waals surface area (Å²) in [6.45, 7) is 6.47. The third-order valence-electron chi connectivity index (χ3n) is 3.91. The highest BCUT2D eigenvalue weighted by atomic mass is 16.5. The van der Waals surface area contributed by atoms with E-state index in [0.29, 0.717) is 12.1 Å². The number of ether oxygens (including phenoxy) is 1. The van der Waals surface area contributed by atoms with Gasteiger partial charge < -0.3 is 10.1 Å². The van der Waals surface area contributed by atoms with Crippen molar-refractivity contribution in [2.45, 2.75) is 45.2 Å². The lowest BCUT2D eigenvalue weighted by Crippen LogP contribution is -2.42. The molecule has 2 nitrogen and oxygen atoms in total. The van der Waals surface area contributed by atoms with Crippen LogP contribution in [-0.4, -0.2) is 25.3 Å². The molecule has 1 fully saturated rings. The van der Waals surface area contributed by atoms with Gasteiger partial charge in [-0.05, 0) is 44.6 Å². The second-order valence-electron chi connectivity index (χ2n) is 5.50. The maximum atomic E-state index is 5.42. The molecule has 1 saturated heterocycles. The molecule has 1 aliphatic heterocycles. The molecule has 1 aromatic rings. The molecular formula is C16H25NO. The molecule has 0 amide bonds. The van der Waals surface area contributed by atoms with E-state index in [1.165, 1.54) is 18.4 Å². The van der Waals surface area contributed by atoms with Gasteiger partial charge in [-0.25, -0.2) is 0 Å². The van der Waals surface area contributed by atoms with Crippen LogP contribution in [-0.2, 0) is 11.2 Å². The molecule has 0 saturated carbocycles. The van der Waals surface area contributed by atoms with Crippen LogP contribution in [0.3, 0.4) is 0 Å². The normalized spacial score (nSPS) is 20.6. The number of rotatable bonds is 5. The van der Waals surface area contributed by atoms with E-state index >= 15 is 0 Å². The van der Waals surface area contributed by atoms with E-state index in [-0.39, 0.29) is 0 Å². The van der Waals surface area contributed by atoms with Crippen molar-refractivity contribution >= 4 is 0 Å². The Kier molecular flexibility index (Phi) is 5.21. The lowest BCUT2D eigenvalue weighted by Gasteiger charge is -2.30. The van der Waals surface area contributed by atoms with Gasteiger partial charge in [0.05, 0.1) is 0 Å². The van der Waals surface area contributed by atoms with E-state index in [4.69, 9.17) is 4.74 Å². The zero-order valence-electron chi connectivity index (χ0n) is 11.6. The van der Waals surface area contributed by atoms with Crippen LogP contribution in [0.15, 0.2) is 30.3 Å². The summed E-state index contributed by atoms with van der Waals surface area (Å²) in [4.78, 5) is 0. The summed E-state index contributed by atoms with van der Waals surface area (Å²) in [5, 5.41) is 3.74. The SMILES string of the molecule is CC(Cc1ccccc1)NC(C)C1CCOCC1. The predicted molar refractivity (Wildman–Crippen MR) is 75.7 cm³/mol. The van der Waals surface area contributed by atoms with Crippen LogP contribution < -0.4 is 5.32 Å². The Labute approximate surface area is 111 Å². The highest BCUT2D eigenvalue weighted by Crippen LogP contribution is 2.19. The molecule has 0 aliphatic carbocycles. The minimum atomic E-state index is 0.533. The third kappa shape index (κ3) is 4.11. The van der Waals surface area contributed by atoms with Gasteiger partial charge in [-0.1, -0.05) is 30.3 Å². The van der Waals surface area contributed by atoms with Crippen LogP contribution in [0, 0.1) is 5.92 Å². The molecule has 0 bridgehead atoms. The Morgan fingerprint density at radius 3 is 2.50 bits per heavy atom. The van der Waals surface area contributed by atoms with Crippen LogP contribution in [0.1, 0.15) is 32.3 Å². The number of nitrogens with one attached hydrogen (secondary N) is 1. The topological polar surface area (TPSA) is 21.3 Å². The second-order valence-corrected chi connectivity index (χ2v) is 5.50. The molecule has 0 radical (unpaired) electrons. The molecule has 18 heavy (non-hydrogen) atoms. The van der Waals surface area contributed by atoms with Gasteiger partial charge in [0.25, 0.3) is 0 Å². The Balaban J connectivity index is 1.77. The smallest absolute Gasteiger partial charge is 0.0469 e. The van der Waals surface area contributed by atoms with Crippen LogP contribution >= 0.6 is 0 Å². The Hall–Kier alpha value is -0.860. The van der Waals surface area contributed by atoms with Gasteiger partial charge in [0, 0.05) is 25.3 Å². The van der Waals surface area contributed by atoms with Crippen molar-refractivity contribution in [3.05, 3.63) is 35.9 Å². The molecule has 1 aliphatic rings. The zero-order chi connectivity index (χ0) is 12.8. The molecule has 0 spiro atoms. The minimum absolute atomic E-state index is 0.533. The van der Waals surface area contributed by atoms with Gasteiger partial charge in [0.1, 0.15) is 0 Å². The summed E-state index contributed by atoms with van der Waals surface area (Å²) in [6.07, 6.45) is 3.51. The Morgan fingerprint density at radius 2 is 1.83 bits per heavy atom. The van der Waals surface area contributed by atoms with Gasteiger partial charge >= 0.3 is 0 Å². The molecule has 1 aromatic carbocycles. The largest absolute Gasteiger partial charge is 0.381 e. The summed E-state index contributed by atoms with van der Waals surface area (Å²) in [6, 6.07) is 11.8. The van der Waals surface area contributed by atoms with Gasteiger partial charge in [0.2, 0.25) is 0 Å². The van der Waals surface area contributed by atoms with E-state index in [9.17, 15) is 0 Å². The van der Waals surface area contributed by atoms with Crippen molar-refractivity contribution in [3.63, 3.8) is 0 Å². The maximum absolute atomic E-state index is 5.42. The second kappa shape index (κ2) is 6.91. The summed E-state index contributed by atoms with van der Waals surface area (Å²) in [5.74, 6) is 0.775. The number of hydrogen-bond donors (Lipinski definition) is 1. The first-order chi connectivity index (χ1) is 8.75. The molecule has 100 valence electrons. The molecular weight excluding hydrogens is 222 g/mol. The van der Waals surface area contributed by atoms with Crippen molar-refractivity contribution in [1.82, 2.24) is 5.32 Å². The van der Waals surface area contributed by atoms with Crippen molar-refractivity contribution in [3.8, 4) is 0 Å². The third-order valence-corrected chi connectivity index (χ3v) is 3.91. The summed E-state index contributed by atoms with van der Waals surface area (Å²) in [5.41, 5.74) is 1.41. The van der Waals surface area contributed by atoms with E-state index in [1.54, 1.807) is 0 Å². The minimum Gasteiger partial charge on any atom is -0.381 e. The van der Waals surface area contributed by atoms with Crippen LogP contribution in [0.2, 0.25) is 0 Å². The molecule has 2 heteroatoms. The quantitative estimate of drug-likeness (QED) is 0.863. The van der Waals surface area contributed by atoms with Gasteiger partial charge in [-0.3, -0.25) is 0 Å². The number of hydrogen-bond acceptors (Lipinski definition) is 2. The predicted octanol–water partition coefficient (Wildman–Crippen LogP) is 3.02. The standard InChI is InChI=1S/C16H25NO/c1-13(12-15-6-4-3-5-7-15)17-14(2)16-8-10-18-11-9-16/h3-7,13-14,16-17H,8-12H2,1-2H3. The molecule has 2 rings (SSSR count). The van der Waals surface area contributed by atoms with Crippen molar-refractivity contribution < 1.29 is 4.74 Å². The fourth-order valence-electron chi connectivity index (χ4n) is 2.83. The lowest BCUT2D eigenvalue weighted by atomic mass is 9.92. The average Bonchev–Trinajstić information content (AvgIpc) is 2.40. The Bertz CT molecular complexity index is 332. The highest BCUT2D eigenvalue weighted by Gasteiger charge is 2.21. The van der Waals surface area contributed by atoms with E-state index in [0.717, 1.165) is 25.6 Å². The summed E-state index contributed by atoms with van der Waals surface area (Å²) < 4.78 is 5.42. The fraction of sp³-hybridized carbons (Fsp3) is 0.625. The zero-order valence-corrected chi connectivity index (χ0v) is 11.6. The average molecular weight is 247 g/mol. The van der Waals surface area contributed by atoms with Crippen LogP contribution in [0.4, 0.5) is 0 Å². The number of benzene rings is 1. The fourth-order valence-corrected chi connectivity index (χ4v) is 2.83. The monoisotopic (exact) mass is 247 g/mol. The molecule has 2 atom stereocenters. The maximum Gasteiger partial charge on any atom is 0.0469 e. The van der Waals surface area contributed by atoms with Crippen molar-refractivity contribution in [1.29, 1.82) is 0 Å². The van der Waals surface area contributed by atoms with E-state index in [2.05, 4.69) is 49.5 Å². The summed E-state index contributed by atoms with van der Waals surface area (Å²) in [7, 11) is 0. The van der Waals surface area contributed by atoms with Gasteiger partial charge in [-0.15, -0.1) is 0 Å².